The molecule has 1 aliphatic rings. The molecule has 1 aromatic rings. The van der Waals surface area contributed by atoms with Crippen molar-refractivity contribution in [2.75, 3.05) is 51.2 Å². The van der Waals surface area contributed by atoms with Crippen LogP contribution in [0.25, 0.3) is 0 Å². The lowest BCUT2D eigenvalue weighted by atomic mass is 10.2. The second kappa shape index (κ2) is 7.74. The number of carbonyl (C=O) groups excluding carboxylic acids is 2. The first kappa shape index (κ1) is 16.2. The van der Waals surface area contributed by atoms with Gasteiger partial charge in [-0.25, -0.2) is 4.39 Å². The molecule has 1 saturated heterocycles. The molecule has 2 rings (SSSR count). The van der Waals surface area contributed by atoms with Crippen LogP contribution >= 0.6 is 0 Å². The van der Waals surface area contributed by atoms with E-state index in [-0.39, 0.29) is 5.82 Å². The molecular weight excluding hydrogens is 287 g/mol. The number of rotatable bonds is 4. The molecule has 0 saturated carbocycles. The Morgan fingerprint density at radius 1 is 1.14 bits per heavy atom. The van der Waals surface area contributed by atoms with E-state index in [0.29, 0.717) is 18.8 Å². The van der Waals surface area contributed by atoms with Crippen molar-refractivity contribution in [3.8, 4) is 0 Å². The molecular formula is C15H21FN4O2. The van der Waals surface area contributed by atoms with Gasteiger partial charge < -0.3 is 15.5 Å². The lowest BCUT2D eigenvalue weighted by Gasteiger charge is -2.36. The van der Waals surface area contributed by atoms with E-state index >= 15 is 0 Å². The van der Waals surface area contributed by atoms with Gasteiger partial charge in [-0.3, -0.25) is 14.5 Å². The zero-order valence-corrected chi connectivity index (χ0v) is 12.6. The summed E-state index contributed by atoms with van der Waals surface area (Å²) in [5.74, 6) is -1.45. The molecule has 0 unspecified atom stereocenters. The predicted octanol–water partition coefficient (Wildman–Crippen LogP) is -0.190. The number of para-hydroxylation sites is 1. The van der Waals surface area contributed by atoms with Crippen LogP contribution < -0.4 is 15.5 Å². The van der Waals surface area contributed by atoms with Gasteiger partial charge in [-0.1, -0.05) is 12.1 Å². The molecule has 2 N–H and O–H groups in total. The summed E-state index contributed by atoms with van der Waals surface area (Å²) in [5, 5.41) is 4.84. The van der Waals surface area contributed by atoms with E-state index in [1.165, 1.54) is 13.1 Å². The number of nitrogens with zero attached hydrogens (tertiary/aromatic N) is 2. The molecule has 0 bridgehead atoms. The monoisotopic (exact) mass is 308 g/mol. The van der Waals surface area contributed by atoms with Gasteiger partial charge >= 0.3 is 11.8 Å². The van der Waals surface area contributed by atoms with Crippen LogP contribution in [0.3, 0.4) is 0 Å². The summed E-state index contributed by atoms with van der Waals surface area (Å²) in [6.07, 6.45) is 0. The highest BCUT2D eigenvalue weighted by molar-refractivity contribution is 6.34. The van der Waals surface area contributed by atoms with Crippen molar-refractivity contribution in [1.82, 2.24) is 15.5 Å². The van der Waals surface area contributed by atoms with Crippen molar-refractivity contribution in [1.29, 1.82) is 0 Å². The van der Waals surface area contributed by atoms with Gasteiger partial charge in [0, 0.05) is 46.3 Å². The Morgan fingerprint density at radius 3 is 2.45 bits per heavy atom. The number of amides is 2. The maximum Gasteiger partial charge on any atom is 0.309 e. The summed E-state index contributed by atoms with van der Waals surface area (Å²) in [6, 6.07) is 6.77. The third kappa shape index (κ3) is 4.17. The number of likely N-dealkylation sites (N-methyl/N-ethyl adjacent to an activating group) is 1. The van der Waals surface area contributed by atoms with Crippen LogP contribution in [-0.4, -0.2) is 63.0 Å². The van der Waals surface area contributed by atoms with Crippen LogP contribution in [0.2, 0.25) is 0 Å². The minimum atomic E-state index is -0.635. The van der Waals surface area contributed by atoms with Crippen LogP contribution in [-0.2, 0) is 9.59 Å². The van der Waals surface area contributed by atoms with Gasteiger partial charge in [0.1, 0.15) is 5.82 Å². The van der Waals surface area contributed by atoms with Gasteiger partial charge in [0.05, 0.1) is 5.69 Å². The van der Waals surface area contributed by atoms with E-state index in [0.717, 1.165) is 26.2 Å². The number of nitrogens with one attached hydrogen (secondary N) is 2. The fourth-order valence-electron chi connectivity index (χ4n) is 2.44. The maximum atomic E-state index is 13.7. The number of piperazine rings is 1. The van der Waals surface area contributed by atoms with Gasteiger partial charge in [0.25, 0.3) is 0 Å². The molecule has 1 aromatic carbocycles. The molecule has 1 heterocycles. The molecule has 0 radical (unpaired) electrons. The van der Waals surface area contributed by atoms with Crippen LogP contribution in [0.1, 0.15) is 0 Å². The fourth-order valence-corrected chi connectivity index (χ4v) is 2.44. The largest absolute Gasteiger partial charge is 0.367 e. The van der Waals surface area contributed by atoms with E-state index in [1.54, 1.807) is 12.1 Å². The third-order valence-electron chi connectivity index (χ3n) is 3.71. The van der Waals surface area contributed by atoms with Crippen molar-refractivity contribution in [2.45, 2.75) is 0 Å². The average molecular weight is 308 g/mol. The Balaban J connectivity index is 1.73. The lowest BCUT2D eigenvalue weighted by molar-refractivity contribution is -0.138. The maximum absolute atomic E-state index is 13.7. The van der Waals surface area contributed by atoms with Crippen molar-refractivity contribution in [3.63, 3.8) is 0 Å². The van der Waals surface area contributed by atoms with Gasteiger partial charge in [-0.2, -0.15) is 0 Å². The summed E-state index contributed by atoms with van der Waals surface area (Å²) < 4.78 is 13.7. The van der Waals surface area contributed by atoms with Crippen molar-refractivity contribution >= 4 is 17.5 Å². The molecule has 0 atom stereocenters. The number of carbonyl (C=O) groups is 2. The normalized spacial score (nSPS) is 15.5. The summed E-state index contributed by atoms with van der Waals surface area (Å²) in [5.41, 5.74) is 0.634. The van der Waals surface area contributed by atoms with Crippen molar-refractivity contribution in [3.05, 3.63) is 30.1 Å². The molecule has 1 aliphatic heterocycles. The Morgan fingerprint density at radius 2 is 1.82 bits per heavy atom. The molecule has 22 heavy (non-hydrogen) atoms. The highest BCUT2D eigenvalue weighted by atomic mass is 19.1. The highest BCUT2D eigenvalue weighted by Gasteiger charge is 2.19. The minimum Gasteiger partial charge on any atom is -0.367 e. The molecule has 7 heteroatoms. The van der Waals surface area contributed by atoms with Gasteiger partial charge in [-0.05, 0) is 12.1 Å². The lowest BCUT2D eigenvalue weighted by Crippen LogP contribution is -2.49. The Bertz CT molecular complexity index is 530. The topological polar surface area (TPSA) is 64.7 Å². The number of benzene rings is 1. The molecule has 2 amide bonds. The van der Waals surface area contributed by atoms with Gasteiger partial charge in [0.15, 0.2) is 0 Å². The minimum absolute atomic E-state index is 0.200. The second-order valence-corrected chi connectivity index (χ2v) is 5.12. The summed E-state index contributed by atoms with van der Waals surface area (Å²) in [4.78, 5) is 26.6. The molecule has 0 aliphatic carbocycles. The van der Waals surface area contributed by atoms with Crippen LogP contribution in [0, 0.1) is 5.82 Å². The summed E-state index contributed by atoms with van der Waals surface area (Å²) >= 11 is 0. The standard InChI is InChI=1S/C15H21FN4O2/c1-17-14(21)15(22)18-6-7-19-8-10-20(11-9-19)13-5-3-2-4-12(13)16/h2-5H,6-11H2,1H3,(H,17,21)(H,18,22). The SMILES string of the molecule is CNC(=O)C(=O)NCCN1CCN(c2ccccc2F)CC1. The van der Waals surface area contributed by atoms with Crippen LogP contribution in [0.4, 0.5) is 10.1 Å². The summed E-state index contributed by atoms with van der Waals surface area (Å²) in [7, 11) is 1.42. The molecule has 1 fully saturated rings. The Kier molecular flexibility index (Phi) is 5.71. The van der Waals surface area contributed by atoms with E-state index in [2.05, 4.69) is 15.5 Å². The molecule has 6 nitrogen and oxygen atoms in total. The molecule has 120 valence electrons. The summed E-state index contributed by atoms with van der Waals surface area (Å²) in [6.45, 7) is 4.17. The smallest absolute Gasteiger partial charge is 0.309 e. The van der Waals surface area contributed by atoms with Gasteiger partial charge in [-0.15, -0.1) is 0 Å². The van der Waals surface area contributed by atoms with E-state index in [9.17, 15) is 14.0 Å². The first-order chi connectivity index (χ1) is 10.6. The fraction of sp³-hybridized carbons (Fsp3) is 0.467. The van der Waals surface area contributed by atoms with Crippen LogP contribution in [0.5, 0.6) is 0 Å². The van der Waals surface area contributed by atoms with E-state index in [1.807, 2.05) is 11.0 Å². The predicted molar refractivity (Wildman–Crippen MR) is 82.1 cm³/mol. The molecule has 0 spiro atoms. The van der Waals surface area contributed by atoms with E-state index < -0.39 is 11.8 Å². The van der Waals surface area contributed by atoms with Crippen molar-refractivity contribution < 1.29 is 14.0 Å². The van der Waals surface area contributed by atoms with Crippen molar-refractivity contribution in [2.24, 2.45) is 0 Å². The first-order valence-corrected chi connectivity index (χ1v) is 7.33. The number of halogens is 1. The highest BCUT2D eigenvalue weighted by Crippen LogP contribution is 2.19. The average Bonchev–Trinajstić information content (AvgIpc) is 2.55. The van der Waals surface area contributed by atoms with Gasteiger partial charge in [0.2, 0.25) is 0 Å². The third-order valence-corrected chi connectivity index (χ3v) is 3.71. The zero-order chi connectivity index (χ0) is 15.9. The Labute approximate surface area is 129 Å². The number of anilines is 1. The second-order valence-electron chi connectivity index (χ2n) is 5.12. The molecule has 0 aromatic heterocycles. The first-order valence-electron chi connectivity index (χ1n) is 7.33. The number of hydrogen-bond donors (Lipinski definition) is 2. The Hall–Kier alpha value is -2.15. The number of hydrogen-bond acceptors (Lipinski definition) is 4. The van der Waals surface area contributed by atoms with Crippen LogP contribution in [0.15, 0.2) is 24.3 Å². The zero-order valence-electron chi connectivity index (χ0n) is 12.6. The quantitative estimate of drug-likeness (QED) is 0.757. The van der Waals surface area contributed by atoms with E-state index in [4.69, 9.17) is 0 Å².